The normalized spacial score (nSPS) is 10.6. The van der Waals surface area contributed by atoms with E-state index in [1.165, 1.54) is 28.1 Å². The van der Waals surface area contributed by atoms with Gasteiger partial charge < -0.3 is 5.43 Å². The van der Waals surface area contributed by atoms with Crippen molar-refractivity contribution in [1.29, 1.82) is 0 Å². The quantitative estimate of drug-likeness (QED) is 0.851. The summed E-state index contributed by atoms with van der Waals surface area (Å²) < 4.78 is 2.14. The van der Waals surface area contributed by atoms with Gasteiger partial charge in [0.25, 0.3) is 0 Å². The Kier molecular flexibility index (Phi) is 3.23. The maximum atomic E-state index is 3.45. The molecule has 1 N–H and O–H groups in total. The lowest BCUT2D eigenvalue weighted by molar-refractivity contribution is 0.789. The summed E-state index contributed by atoms with van der Waals surface area (Å²) >= 11 is 0. The van der Waals surface area contributed by atoms with E-state index in [4.69, 9.17) is 0 Å². The van der Waals surface area contributed by atoms with Crippen molar-refractivity contribution >= 4 is 0 Å². The molecule has 0 spiro atoms. The Balaban J connectivity index is 2.13. The predicted octanol–water partition coefficient (Wildman–Crippen LogP) is 3.47. The molecule has 1 aromatic heterocycles. The van der Waals surface area contributed by atoms with Crippen molar-refractivity contribution in [1.82, 2.24) is 4.68 Å². The molecule has 1 heterocycles. The van der Waals surface area contributed by atoms with Gasteiger partial charge in [-0.1, -0.05) is 23.8 Å². The number of benzene rings is 1. The van der Waals surface area contributed by atoms with E-state index in [2.05, 4.69) is 68.1 Å². The van der Waals surface area contributed by atoms with E-state index in [0.717, 1.165) is 6.54 Å². The van der Waals surface area contributed by atoms with Gasteiger partial charge in [-0.15, -0.1) is 0 Å². The van der Waals surface area contributed by atoms with Crippen LogP contribution in [-0.4, -0.2) is 4.68 Å². The van der Waals surface area contributed by atoms with Crippen molar-refractivity contribution in [2.75, 3.05) is 5.43 Å². The van der Waals surface area contributed by atoms with Gasteiger partial charge in [0.15, 0.2) is 0 Å². The Labute approximate surface area is 103 Å². The number of rotatable bonds is 3. The number of nitrogens with zero attached hydrogens (tertiary/aromatic N) is 1. The van der Waals surface area contributed by atoms with Gasteiger partial charge in [-0.25, -0.2) is 0 Å². The van der Waals surface area contributed by atoms with Crippen molar-refractivity contribution in [3.63, 3.8) is 0 Å². The standard InChI is InChI=1S/C15H20N2/c1-11-5-8-15(12(2)9-11)10-16-17-13(3)6-7-14(17)4/h5-9,16H,10H2,1-4H3. The zero-order valence-corrected chi connectivity index (χ0v) is 11.0. The second-order valence-corrected chi connectivity index (χ2v) is 4.72. The maximum Gasteiger partial charge on any atom is 0.0566 e. The van der Waals surface area contributed by atoms with E-state index in [1.807, 2.05) is 0 Å². The van der Waals surface area contributed by atoms with Crippen LogP contribution in [0.2, 0.25) is 0 Å². The largest absolute Gasteiger partial charge is 0.322 e. The highest BCUT2D eigenvalue weighted by molar-refractivity contribution is 5.31. The van der Waals surface area contributed by atoms with Gasteiger partial charge in [0.1, 0.15) is 0 Å². The smallest absolute Gasteiger partial charge is 0.0566 e. The molecule has 90 valence electrons. The molecular formula is C15H20N2. The summed E-state index contributed by atoms with van der Waals surface area (Å²) in [6.45, 7) is 9.39. The molecule has 0 aliphatic carbocycles. The van der Waals surface area contributed by atoms with Crippen molar-refractivity contribution in [3.8, 4) is 0 Å². The van der Waals surface area contributed by atoms with Crippen LogP contribution in [0, 0.1) is 27.7 Å². The third-order valence-electron chi connectivity index (χ3n) is 3.20. The molecule has 0 atom stereocenters. The van der Waals surface area contributed by atoms with Gasteiger partial charge in [-0.3, -0.25) is 4.68 Å². The second kappa shape index (κ2) is 4.66. The zero-order chi connectivity index (χ0) is 12.4. The first-order valence-corrected chi connectivity index (χ1v) is 6.03. The summed E-state index contributed by atoms with van der Waals surface area (Å²) in [5, 5.41) is 0. The van der Waals surface area contributed by atoms with Crippen molar-refractivity contribution < 1.29 is 0 Å². The van der Waals surface area contributed by atoms with Crippen molar-refractivity contribution in [2.24, 2.45) is 0 Å². The first-order valence-electron chi connectivity index (χ1n) is 6.03. The fourth-order valence-corrected chi connectivity index (χ4v) is 2.13. The van der Waals surface area contributed by atoms with Crippen LogP contribution in [0.1, 0.15) is 28.1 Å². The second-order valence-electron chi connectivity index (χ2n) is 4.72. The van der Waals surface area contributed by atoms with Gasteiger partial charge in [-0.2, -0.15) is 0 Å². The van der Waals surface area contributed by atoms with Crippen molar-refractivity contribution in [2.45, 2.75) is 34.2 Å². The molecule has 0 unspecified atom stereocenters. The Bertz CT molecular complexity index is 504. The van der Waals surface area contributed by atoms with E-state index >= 15 is 0 Å². The van der Waals surface area contributed by atoms with Crippen LogP contribution in [-0.2, 0) is 6.54 Å². The van der Waals surface area contributed by atoms with Crippen LogP contribution in [0.3, 0.4) is 0 Å². The van der Waals surface area contributed by atoms with E-state index in [-0.39, 0.29) is 0 Å². The van der Waals surface area contributed by atoms with Gasteiger partial charge in [0.05, 0.1) is 6.54 Å². The van der Waals surface area contributed by atoms with Gasteiger partial charge in [0.2, 0.25) is 0 Å². The summed E-state index contributed by atoms with van der Waals surface area (Å²) in [5.74, 6) is 0. The van der Waals surface area contributed by atoms with Crippen LogP contribution in [0.4, 0.5) is 0 Å². The Morgan fingerprint density at radius 2 is 1.59 bits per heavy atom. The van der Waals surface area contributed by atoms with Gasteiger partial charge in [-0.05, 0) is 51.0 Å². The third kappa shape index (κ3) is 2.52. The van der Waals surface area contributed by atoms with E-state index in [1.54, 1.807) is 0 Å². The molecule has 0 aliphatic rings. The zero-order valence-electron chi connectivity index (χ0n) is 11.0. The fraction of sp³-hybridized carbons (Fsp3) is 0.333. The molecule has 0 saturated carbocycles. The molecule has 17 heavy (non-hydrogen) atoms. The molecule has 0 fully saturated rings. The molecule has 2 nitrogen and oxygen atoms in total. The molecule has 0 bridgehead atoms. The average Bonchev–Trinajstić information content (AvgIpc) is 2.58. The minimum atomic E-state index is 0.864. The van der Waals surface area contributed by atoms with Crippen LogP contribution in [0.15, 0.2) is 30.3 Å². The summed E-state index contributed by atoms with van der Waals surface area (Å²) in [6, 6.07) is 10.9. The van der Waals surface area contributed by atoms with Crippen LogP contribution < -0.4 is 5.43 Å². The summed E-state index contributed by atoms with van der Waals surface area (Å²) in [7, 11) is 0. The minimum absolute atomic E-state index is 0.864. The number of hydrogen-bond donors (Lipinski definition) is 1. The highest BCUT2D eigenvalue weighted by atomic mass is 15.4. The monoisotopic (exact) mass is 228 g/mol. The lowest BCUT2D eigenvalue weighted by Crippen LogP contribution is -2.17. The Morgan fingerprint density at radius 3 is 2.18 bits per heavy atom. The van der Waals surface area contributed by atoms with E-state index in [9.17, 15) is 0 Å². The lowest BCUT2D eigenvalue weighted by Gasteiger charge is -2.14. The molecule has 2 aromatic rings. The highest BCUT2D eigenvalue weighted by Crippen LogP contribution is 2.11. The summed E-state index contributed by atoms with van der Waals surface area (Å²) in [4.78, 5) is 0. The van der Waals surface area contributed by atoms with Gasteiger partial charge >= 0.3 is 0 Å². The fourth-order valence-electron chi connectivity index (χ4n) is 2.13. The number of aryl methyl sites for hydroxylation is 4. The van der Waals surface area contributed by atoms with Crippen molar-refractivity contribution in [3.05, 3.63) is 58.4 Å². The Hall–Kier alpha value is -1.70. The highest BCUT2D eigenvalue weighted by Gasteiger charge is 2.02. The minimum Gasteiger partial charge on any atom is -0.322 e. The van der Waals surface area contributed by atoms with Crippen LogP contribution in [0.5, 0.6) is 0 Å². The third-order valence-corrected chi connectivity index (χ3v) is 3.20. The molecule has 0 saturated heterocycles. The summed E-state index contributed by atoms with van der Waals surface area (Å²) in [6.07, 6.45) is 0. The van der Waals surface area contributed by atoms with Crippen LogP contribution >= 0.6 is 0 Å². The first-order chi connectivity index (χ1) is 8.08. The molecular weight excluding hydrogens is 208 g/mol. The molecule has 2 rings (SSSR count). The molecule has 2 heteroatoms. The average molecular weight is 228 g/mol. The van der Waals surface area contributed by atoms with E-state index in [0.29, 0.717) is 0 Å². The molecule has 1 aromatic carbocycles. The number of hydrogen-bond acceptors (Lipinski definition) is 1. The van der Waals surface area contributed by atoms with Crippen LogP contribution in [0.25, 0.3) is 0 Å². The predicted molar refractivity (Wildman–Crippen MR) is 72.9 cm³/mol. The SMILES string of the molecule is Cc1ccc(CNn2c(C)ccc2C)c(C)c1. The molecule has 0 aliphatic heterocycles. The number of nitrogens with one attached hydrogen (secondary N) is 1. The number of aromatic nitrogens is 1. The molecule has 0 radical (unpaired) electrons. The first kappa shape index (κ1) is 11.8. The summed E-state index contributed by atoms with van der Waals surface area (Å²) in [5.41, 5.74) is 9.96. The lowest BCUT2D eigenvalue weighted by atomic mass is 10.1. The Morgan fingerprint density at radius 1 is 0.941 bits per heavy atom. The van der Waals surface area contributed by atoms with Gasteiger partial charge in [0, 0.05) is 11.4 Å². The molecule has 0 amide bonds. The van der Waals surface area contributed by atoms with E-state index < -0.39 is 0 Å². The maximum absolute atomic E-state index is 3.45. The topological polar surface area (TPSA) is 17.0 Å².